The molecule has 0 aliphatic rings. The van der Waals surface area contributed by atoms with E-state index in [2.05, 4.69) is 0 Å². The van der Waals surface area contributed by atoms with Crippen molar-refractivity contribution in [3.8, 4) is 17.2 Å². The van der Waals surface area contributed by atoms with Gasteiger partial charge in [0.2, 0.25) is 0 Å². The highest BCUT2D eigenvalue weighted by molar-refractivity contribution is 7.98. The van der Waals surface area contributed by atoms with Crippen molar-refractivity contribution in [1.29, 1.82) is 0 Å². The fraction of sp³-hybridized carbons (Fsp3) is 0.208. The first-order valence-electron chi connectivity index (χ1n) is 9.78. The van der Waals surface area contributed by atoms with Crippen molar-refractivity contribution in [1.82, 2.24) is 0 Å². The number of nitrogen functional groups attached to an aromatic ring is 1. The van der Waals surface area contributed by atoms with Crippen LogP contribution in [0, 0.1) is 12.7 Å². The number of methoxy groups -OCH3 is 1. The number of nitrogens with two attached hydrogens (primary N) is 1. The van der Waals surface area contributed by atoms with Gasteiger partial charge in [0.05, 0.1) is 17.7 Å². The number of anilines is 1. The normalized spacial score (nSPS) is 10.6. The van der Waals surface area contributed by atoms with E-state index < -0.39 is 12.6 Å². The van der Waals surface area contributed by atoms with E-state index in [0.29, 0.717) is 34.3 Å². The van der Waals surface area contributed by atoms with Crippen LogP contribution in [0.25, 0.3) is 0 Å². The highest BCUT2D eigenvalue weighted by Gasteiger charge is 2.12. The fourth-order valence-electron chi connectivity index (χ4n) is 2.96. The second-order valence-corrected chi connectivity index (χ2v) is 8.01. The summed E-state index contributed by atoms with van der Waals surface area (Å²) in [5.41, 5.74) is 8.86. The van der Waals surface area contributed by atoms with Crippen LogP contribution in [0.3, 0.4) is 0 Å². The van der Waals surface area contributed by atoms with E-state index in [1.54, 1.807) is 49.2 Å². The zero-order valence-electron chi connectivity index (χ0n) is 17.8. The van der Waals surface area contributed by atoms with Crippen LogP contribution in [0.5, 0.6) is 17.2 Å². The van der Waals surface area contributed by atoms with E-state index in [0.717, 1.165) is 16.0 Å². The van der Waals surface area contributed by atoms with Crippen molar-refractivity contribution < 1.29 is 28.5 Å². The Morgan fingerprint density at radius 1 is 1.06 bits per heavy atom. The number of aryl methyl sites for hydroxylation is 1. The molecule has 0 unspecified atom stereocenters. The van der Waals surface area contributed by atoms with Crippen LogP contribution in [0.2, 0.25) is 0 Å². The average molecular weight is 458 g/mol. The first-order valence-corrected chi connectivity index (χ1v) is 10.8. The predicted molar refractivity (Wildman–Crippen MR) is 122 cm³/mol. The summed E-state index contributed by atoms with van der Waals surface area (Å²) in [6.45, 7) is 1.53. The molecule has 8 heteroatoms. The molecular weight excluding hydrogens is 433 g/mol. The maximum atomic E-state index is 13.8. The van der Waals surface area contributed by atoms with Crippen LogP contribution < -0.4 is 19.9 Å². The van der Waals surface area contributed by atoms with E-state index >= 15 is 0 Å². The van der Waals surface area contributed by atoms with Crippen LogP contribution in [0.15, 0.2) is 59.5 Å². The minimum Gasteiger partial charge on any atom is -0.495 e. The van der Waals surface area contributed by atoms with Gasteiger partial charge in [-0.3, -0.25) is 0 Å². The Hall–Kier alpha value is -3.39. The van der Waals surface area contributed by atoms with E-state index in [1.807, 2.05) is 25.1 Å². The van der Waals surface area contributed by atoms with Crippen molar-refractivity contribution >= 4 is 23.4 Å². The molecule has 0 amide bonds. The molecule has 168 valence electrons. The van der Waals surface area contributed by atoms with Crippen molar-refractivity contribution in [2.45, 2.75) is 24.2 Å². The van der Waals surface area contributed by atoms with Gasteiger partial charge in [-0.25, -0.2) is 9.18 Å². The Morgan fingerprint density at radius 3 is 2.53 bits per heavy atom. The molecular formula is C24H24FNO5S. The van der Waals surface area contributed by atoms with Crippen molar-refractivity contribution in [3.63, 3.8) is 0 Å². The molecule has 0 radical (unpaired) electrons. The van der Waals surface area contributed by atoms with Crippen LogP contribution in [-0.4, -0.2) is 24.8 Å². The summed E-state index contributed by atoms with van der Waals surface area (Å²) in [5, 5.41) is 8.81. The van der Waals surface area contributed by atoms with E-state index in [1.165, 1.54) is 6.07 Å². The number of ether oxygens (including phenoxy) is 3. The minimum atomic E-state index is -1.04. The molecule has 3 rings (SSSR count). The van der Waals surface area contributed by atoms with Crippen molar-refractivity contribution in [2.24, 2.45) is 0 Å². The molecule has 0 spiro atoms. The van der Waals surface area contributed by atoms with E-state index in [4.69, 9.17) is 25.1 Å². The summed E-state index contributed by atoms with van der Waals surface area (Å²) in [6, 6.07) is 15.5. The second-order valence-electron chi connectivity index (χ2n) is 6.99. The lowest BCUT2D eigenvalue weighted by Crippen LogP contribution is -2.10. The number of halogens is 1. The quantitative estimate of drug-likeness (QED) is 0.325. The van der Waals surface area contributed by atoms with Gasteiger partial charge in [-0.1, -0.05) is 24.3 Å². The van der Waals surface area contributed by atoms with Gasteiger partial charge in [0.15, 0.2) is 6.61 Å². The van der Waals surface area contributed by atoms with E-state index in [9.17, 15) is 9.18 Å². The number of aliphatic carboxylic acids is 1. The third kappa shape index (κ3) is 6.07. The topological polar surface area (TPSA) is 91.0 Å². The number of benzene rings is 3. The third-order valence-electron chi connectivity index (χ3n) is 4.62. The number of rotatable bonds is 10. The maximum Gasteiger partial charge on any atom is 0.341 e. The van der Waals surface area contributed by atoms with Crippen LogP contribution in [0.1, 0.15) is 16.7 Å². The second kappa shape index (κ2) is 10.8. The van der Waals surface area contributed by atoms with Gasteiger partial charge < -0.3 is 25.1 Å². The number of thioether (sulfide) groups is 1. The molecule has 0 atom stereocenters. The van der Waals surface area contributed by atoms with Gasteiger partial charge in [0.25, 0.3) is 0 Å². The number of carboxylic acid groups (broad SMARTS) is 1. The van der Waals surface area contributed by atoms with Crippen LogP contribution >= 0.6 is 11.8 Å². The highest BCUT2D eigenvalue weighted by Crippen LogP contribution is 2.37. The molecule has 0 fully saturated rings. The largest absolute Gasteiger partial charge is 0.495 e. The van der Waals surface area contributed by atoms with E-state index in [-0.39, 0.29) is 12.4 Å². The molecule has 0 bridgehead atoms. The fourth-order valence-corrected chi connectivity index (χ4v) is 4.01. The Kier molecular flexibility index (Phi) is 7.83. The summed E-state index contributed by atoms with van der Waals surface area (Å²) >= 11 is 1.56. The molecule has 3 aromatic rings. The summed E-state index contributed by atoms with van der Waals surface area (Å²) in [4.78, 5) is 11.6. The van der Waals surface area contributed by atoms with Crippen LogP contribution in [-0.2, 0) is 17.2 Å². The number of hydrogen-bond acceptors (Lipinski definition) is 6. The maximum absolute atomic E-state index is 13.8. The predicted octanol–water partition coefficient (Wildman–Crippen LogP) is 5.06. The minimum absolute atomic E-state index is 0.0950. The molecule has 0 heterocycles. The zero-order valence-corrected chi connectivity index (χ0v) is 18.6. The molecule has 0 saturated carbocycles. The first kappa shape index (κ1) is 23.3. The van der Waals surface area contributed by atoms with Gasteiger partial charge in [-0.2, -0.15) is 0 Å². The number of carbonyl (C=O) groups is 1. The summed E-state index contributed by atoms with van der Waals surface area (Å²) < 4.78 is 30.2. The van der Waals surface area contributed by atoms with Crippen LogP contribution in [0.4, 0.5) is 10.1 Å². The lowest BCUT2D eigenvalue weighted by molar-refractivity contribution is -0.139. The molecule has 32 heavy (non-hydrogen) atoms. The molecule has 0 aliphatic carbocycles. The van der Waals surface area contributed by atoms with Crippen molar-refractivity contribution in [3.05, 3.63) is 77.1 Å². The van der Waals surface area contributed by atoms with Gasteiger partial charge in [-0.15, -0.1) is 11.8 Å². The molecule has 0 aliphatic heterocycles. The lowest BCUT2D eigenvalue weighted by Gasteiger charge is -2.14. The lowest BCUT2D eigenvalue weighted by atomic mass is 10.2. The van der Waals surface area contributed by atoms with Gasteiger partial charge >= 0.3 is 5.97 Å². The number of carboxylic acids is 1. The monoisotopic (exact) mass is 457 g/mol. The summed E-state index contributed by atoms with van der Waals surface area (Å²) in [5.74, 6) is 0.829. The Balaban J connectivity index is 1.65. The molecule has 0 saturated heterocycles. The number of hydrogen-bond donors (Lipinski definition) is 2. The first-order chi connectivity index (χ1) is 15.4. The zero-order chi connectivity index (χ0) is 23.1. The Morgan fingerprint density at radius 2 is 1.84 bits per heavy atom. The van der Waals surface area contributed by atoms with Gasteiger partial charge in [-0.05, 0) is 42.3 Å². The Bertz CT molecular complexity index is 1110. The smallest absolute Gasteiger partial charge is 0.341 e. The average Bonchev–Trinajstić information content (AvgIpc) is 2.77. The molecule has 6 nitrogen and oxygen atoms in total. The molecule has 3 N–H and O–H groups in total. The standard InChI is InChI=1S/C24H24FNO5S/c1-15-9-23(22(29-2)11-21(15)31-13-24(27)28)32-14-16-7-8-20(19(26)10-16)30-12-17-5-3-4-6-18(17)25/h3-11H,12-14,26H2,1-2H3,(H,27,28). The Labute approximate surface area is 190 Å². The third-order valence-corrected chi connectivity index (χ3v) is 5.73. The highest BCUT2D eigenvalue weighted by atomic mass is 32.2. The molecule has 0 aromatic heterocycles. The van der Waals surface area contributed by atoms with Gasteiger partial charge in [0, 0.05) is 17.4 Å². The van der Waals surface area contributed by atoms with Gasteiger partial charge in [0.1, 0.15) is 29.7 Å². The van der Waals surface area contributed by atoms with Crippen molar-refractivity contribution in [2.75, 3.05) is 19.5 Å². The SMILES string of the molecule is COc1cc(OCC(=O)O)c(C)cc1SCc1ccc(OCc2ccccc2F)c(N)c1. The molecule has 3 aromatic carbocycles. The summed E-state index contributed by atoms with van der Waals surface area (Å²) in [7, 11) is 1.55. The summed E-state index contributed by atoms with van der Waals surface area (Å²) in [6.07, 6.45) is 0.